The van der Waals surface area contributed by atoms with Gasteiger partial charge in [0.25, 0.3) is 0 Å². The van der Waals surface area contributed by atoms with Crippen molar-refractivity contribution in [1.82, 2.24) is 0 Å². The molecule has 0 amide bonds. The summed E-state index contributed by atoms with van der Waals surface area (Å²) in [6.07, 6.45) is -1.03. The summed E-state index contributed by atoms with van der Waals surface area (Å²) in [7, 11) is 0. The number of ether oxygens (including phenoxy) is 4. The first-order valence-corrected chi connectivity index (χ1v) is 10.9. The van der Waals surface area contributed by atoms with Gasteiger partial charge in [0.15, 0.2) is 0 Å². The van der Waals surface area contributed by atoms with Crippen molar-refractivity contribution in [2.24, 2.45) is 0 Å². The molecule has 0 aliphatic carbocycles. The zero-order chi connectivity index (χ0) is 22.9. The fourth-order valence-corrected chi connectivity index (χ4v) is 1.96. The fourth-order valence-electron chi connectivity index (χ4n) is 1.74. The van der Waals surface area contributed by atoms with Crippen LogP contribution >= 0.6 is 50.5 Å². The average molecular weight is 489 g/mol. The smallest absolute Gasteiger partial charge is 0.449 e. The Labute approximate surface area is 192 Å². The van der Waals surface area contributed by atoms with Crippen LogP contribution in [0.5, 0.6) is 0 Å². The van der Waals surface area contributed by atoms with Gasteiger partial charge in [-0.1, -0.05) is 13.3 Å². The molecule has 0 aromatic rings. The molecule has 0 bridgehead atoms. The van der Waals surface area contributed by atoms with Crippen LogP contribution in [0.4, 0.5) is 0 Å². The standard InChI is InChI=1S/C17H28O8S4/c1-6-7-12(22-13(18)8(2)26)17(23-14(19)9(3)27,24-15(20)10(4)28)25-16(21)11(5)29/h8-12,26-29H,6-7H2,1-5H3. The second-order valence-corrected chi connectivity index (χ2v) is 9.38. The lowest BCUT2D eigenvalue weighted by Gasteiger charge is -2.37. The van der Waals surface area contributed by atoms with E-state index < -0.39 is 57.0 Å². The molecular weight excluding hydrogens is 460 g/mol. The zero-order valence-corrected chi connectivity index (χ0v) is 20.4. The van der Waals surface area contributed by atoms with Gasteiger partial charge in [0.1, 0.15) is 0 Å². The number of carbonyl (C=O) groups is 4. The molecule has 29 heavy (non-hydrogen) atoms. The molecule has 0 aliphatic rings. The zero-order valence-electron chi connectivity index (χ0n) is 16.9. The lowest BCUT2D eigenvalue weighted by molar-refractivity contribution is -0.364. The summed E-state index contributed by atoms with van der Waals surface area (Å²) in [5, 5.41) is -3.73. The lowest BCUT2D eigenvalue weighted by Crippen LogP contribution is -2.57. The maximum atomic E-state index is 12.3. The van der Waals surface area contributed by atoms with Crippen molar-refractivity contribution in [1.29, 1.82) is 0 Å². The highest BCUT2D eigenvalue weighted by molar-refractivity contribution is 7.82. The molecule has 5 atom stereocenters. The van der Waals surface area contributed by atoms with Crippen molar-refractivity contribution in [3.63, 3.8) is 0 Å². The van der Waals surface area contributed by atoms with Crippen LogP contribution in [0.2, 0.25) is 0 Å². The van der Waals surface area contributed by atoms with E-state index in [9.17, 15) is 19.2 Å². The Morgan fingerprint density at radius 2 is 1.00 bits per heavy atom. The molecule has 0 heterocycles. The summed E-state index contributed by atoms with van der Waals surface area (Å²) in [4.78, 5) is 49.1. The molecule has 0 fully saturated rings. The van der Waals surface area contributed by atoms with E-state index in [1.54, 1.807) is 6.92 Å². The van der Waals surface area contributed by atoms with Gasteiger partial charge in [-0.05, 0) is 34.1 Å². The van der Waals surface area contributed by atoms with Crippen molar-refractivity contribution in [3.8, 4) is 0 Å². The highest BCUT2D eigenvalue weighted by Crippen LogP contribution is 2.30. The molecule has 0 saturated heterocycles. The van der Waals surface area contributed by atoms with E-state index in [4.69, 9.17) is 18.9 Å². The van der Waals surface area contributed by atoms with Gasteiger partial charge in [-0.3, -0.25) is 19.2 Å². The van der Waals surface area contributed by atoms with Crippen LogP contribution in [0.1, 0.15) is 47.5 Å². The number of hydrogen-bond donors (Lipinski definition) is 4. The van der Waals surface area contributed by atoms with Crippen molar-refractivity contribution in [2.75, 3.05) is 0 Å². The number of carbonyl (C=O) groups excluding carboxylic acids is 4. The first-order valence-electron chi connectivity index (χ1n) is 8.88. The maximum Gasteiger partial charge on any atom is 0.463 e. The van der Waals surface area contributed by atoms with Gasteiger partial charge in [-0.25, -0.2) is 0 Å². The van der Waals surface area contributed by atoms with Crippen LogP contribution in [0.25, 0.3) is 0 Å². The van der Waals surface area contributed by atoms with E-state index in [0.29, 0.717) is 6.42 Å². The van der Waals surface area contributed by atoms with Gasteiger partial charge in [0.2, 0.25) is 6.10 Å². The van der Waals surface area contributed by atoms with E-state index in [-0.39, 0.29) is 6.42 Å². The number of hydrogen-bond acceptors (Lipinski definition) is 12. The van der Waals surface area contributed by atoms with Crippen molar-refractivity contribution >= 4 is 74.4 Å². The van der Waals surface area contributed by atoms with Gasteiger partial charge in [0, 0.05) is 0 Å². The Bertz CT molecular complexity index is 537. The van der Waals surface area contributed by atoms with E-state index in [1.165, 1.54) is 27.7 Å². The van der Waals surface area contributed by atoms with E-state index in [1.807, 2.05) is 0 Å². The third-order valence-corrected chi connectivity index (χ3v) is 4.14. The Morgan fingerprint density at radius 1 is 0.690 bits per heavy atom. The predicted octanol–water partition coefficient (Wildman–Crippen LogP) is 2.25. The highest BCUT2D eigenvalue weighted by atomic mass is 32.1. The Morgan fingerprint density at radius 3 is 1.24 bits per heavy atom. The Hall–Kier alpha value is -0.720. The monoisotopic (exact) mass is 488 g/mol. The topological polar surface area (TPSA) is 105 Å². The normalized spacial score (nSPS) is 18.2. The van der Waals surface area contributed by atoms with E-state index in [0.717, 1.165) is 0 Å². The van der Waals surface area contributed by atoms with E-state index in [2.05, 4.69) is 50.5 Å². The summed E-state index contributed by atoms with van der Waals surface area (Å²) in [6, 6.07) is 0. The van der Waals surface area contributed by atoms with E-state index >= 15 is 0 Å². The van der Waals surface area contributed by atoms with Crippen LogP contribution < -0.4 is 0 Å². The second-order valence-electron chi connectivity index (χ2n) is 6.28. The molecule has 0 saturated carbocycles. The van der Waals surface area contributed by atoms with Crippen LogP contribution in [0, 0.1) is 0 Å². The summed E-state index contributed by atoms with van der Waals surface area (Å²) in [5.41, 5.74) is 0. The summed E-state index contributed by atoms with van der Waals surface area (Å²) >= 11 is 16.0. The first-order chi connectivity index (χ1) is 13.3. The van der Waals surface area contributed by atoms with Crippen LogP contribution in [-0.4, -0.2) is 57.0 Å². The molecule has 0 N–H and O–H groups in total. The largest absolute Gasteiger partial charge is 0.463 e. The number of esters is 4. The molecule has 0 aliphatic heterocycles. The summed E-state index contributed by atoms with van der Waals surface area (Å²) in [5.74, 6) is -6.38. The minimum atomic E-state index is -2.68. The first kappa shape index (κ1) is 28.3. The van der Waals surface area contributed by atoms with Crippen molar-refractivity contribution in [2.45, 2.75) is 80.5 Å². The number of thiol groups is 4. The van der Waals surface area contributed by atoms with Gasteiger partial charge in [-0.2, -0.15) is 50.5 Å². The summed E-state index contributed by atoms with van der Waals surface area (Å²) < 4.78 is 21.1. The molecule has 168 valence electrons. The Kier molecular flexibility index (Phi) is 12.5. The molecule has 0 aromatic heterocycles. The van der Waals surface area contributed by atoms with Crippen molar-refractivity contribution < 1.29 is 38.1 Å². The molecular formula is C17H28O8S4. The Balaban J connectivity index is 6.41. The molecule has 12 heteroatoms. The molecule has 0 spiro atoms. The SMILES string of the molecule is CCCC(OC(=O)C(C)S)C(OC(=O)C(C)S)(OC(=O)C(C)S)OC(=O)C(C)S. The second kappa shape index (κ2) is 12.9. The molecule has 0 radical (unpaired) electrons. The maximum absolute atomic E-state index is 12.3. The number of rotatable bonds is 11. The molecule has 5 unspecified atom stereocenters. The minimum absolute atomic E-state index is 0.0307. The fraction of sp³-hybridized carbons (Fsp3) is 0.765. The van der Waals surface area contributed by atoms with Crippen molar-refractivity contribution in [3.05, 3.63) is 0 Å². The molecule has 8 nitrogen and oxygen atoms in total. The lowest BCUT2D eigenvalue weighted by atomic mass is 10.1. The molecule has 0 rings (SSSR count). The third kappa shape index (κ3) is 9.31. The average Bonchev–Trinajstić information content (AvgIpc) is 2.60. The van der Waals surface area contributed by atoms with Crippen LogP contribution in [0.3, 0.4) is 0 Å². The summed E-state index contributed by atoms with van der Waals surface area (Å²) in [6.45, 7) is 7.41. The van der Waals surface area contributed by atoms with Crippen LogP contribution in [-0.2, 0) is 38.1 Å². The molecule has 0 aromatic carbocycles. The minimum Gasteiger partial charge on any atom is -0.449 e. The van der Waals surface area contributed by atoms with Crippen LogP contribution in [0.15, 0.2) is 0 Å². The quantitative estimate of drug-likeness (QED) is 0.199. The van der Waals surface area contributed by atoms with Gasteiger partial charge < -0.3 is 18.9 Å². The third-order valence-electron chi connectivity index (χ3n) is 3.30. The predicted molar refractivity (Wildman–Crippen MR) is 120 cm³/mol. The van der Waals surface area contributed by atoms with Gasteiger partial charge in [-0.15, -0.1) is 0 Å². The van der Waals surface area contributed by atoms with Gasteiger partial charge >= 0.3 is 29.9 Å². The van der Waals surface area contributed by atoms with Gasteiger partial charge in [0.05, 0.1) is 21.0 Å². The highest BCUT2D eigenvalue weighted by Gasteiger charge is 2.54.